The third-order valence-electron chi connectivity index (χ3n) is 7.52. The van der Waals surface area contributed by atoms with Gasteiger partial charge < -0.3 is 19.7 Å². The summed E-state index contributed by atoms with van der Waals surface area (Å²) in [4.78, 5) is 0. The number of ether oxygens (including phenoxy) is 2. The van der Waals surface area contributed by atoms with Crippen LogP contribution < -0.4 is 0 Å². The van der Waals surface area contributed by atoms with Crippen LogP contribution >= 0.6 is 0 Å². The molecule has 4 heteroatoms. The maximum absolute atomic E-state index is 9.47. The van der Waals surface area contributed by atoms with Gasteiger partial charge in [-0.2, -0.15) is 0 Å². The lowest BCUT2D eigenvalue weighted by Crippen LogP contribution is -2.17. The van der Waals surface area contributed by atoms with Crippen molar-refractivity contribution < 1.29 is 19.7 Å². The van der Waals surface area contributed by atoms with Crippen LogP contribution in [0.3, 0.4) is 0 Å². The molecule has 0 aromatic heterocycles. The van der Waals surface area contributed by atoms with Gasteiger partial charge in [0.25, 0.3) is 0 Å². The molecule has 0 spiro atoms. The van der Waals surface area contributed by atoms with Crippen molar-refractivity contribution >= 4 is 0 Å². The van der Waals surface area contributed by atoms with Gasteiger partial charge in [0, 0.05) is 13.2 Å². The van der Waals surface area contributed by atoms with Crippen LogP contribution in [-0.4, -0.2) is 35.6 Å². The van der Waals surface area contributed by atoms with E-state index in [1.165, 1.54) is 11.1 Å². The zero-order valence-electron chi connectivity index (χ0n) is 20.8. The zero-order chi connectivity index (χ0) is 23.2. The second-order valence-electron chi connectivity index (χ2n) is 11.7. The minimum absolute atomic E-state index is 0.00874. The van der Waals surface area contributed by atoms with Crippen LogP contribution in [-0.2, 0) is 9.47 Å². The minimum atomic E-state index is 0.00874. The average molecular weight is 447 g/mol. The highest BCUT2D eigenvalue weighted by molar-refractivity contribution is 5.32. The Morgan fingerprint density at radius 2 is 1.12 bits per heavy atom. The molecule has 0 amide bonds. The molecule has 0 aliphatic carbocycles. The molecule has 2 saturated heterocycles. The molecule has 0 radical (unpaired) electrons. The van der Waals surface area contributed by atoms with Crippen molar-refractivity contribution in [2.24, 2.45) is 10.8 Å². The third kappa shape index (κ3) is 7.28. The summed E-state index contributed by atoms with van der Waals surface area (Å²) in [5.41, 5.74) is 2.65. The molecule has 2 aliphatic heterocycles. The SMILES string of the molecule is CC(C)(CO)CCCC1CCC(c2ccccc2C2CCC(CCCC(C)(C)CO)O2)O1. The third-order valence-corrected chi connectivity index (χ3v) is 7.52. The van der Waals surface area contributed by atoms with Crippen LogP contribution in [0.5, 0.6) is 0 Å². The lowest BCUT2D eigenvalue weighted by atomic mass is 9.87. The second kappa shape index (κ2) is 11.5. The van der Waals surface area contributed by atoms with E-state index in [1.807, 2.05) is 0 Å². The molecule has 2 heterocycles. The normalized spacial score (nSPS) is 26.7. The molecule has 32 heavy (non-hydrogen) atoms. The number of aliphatic hydroxyl groups is 2. The summed E-state index contributed by atoms with van der Waals surface area (Å²) < 4.78 is 13.0. The van der Waals surface area contributed by atoms with Crippen molar-refractivity contribution in [2.75, 3.05) is 13.2 Å². The van der Waals surface area contributed by atoms with Crippen molar-refractivity contribution in [3.05, 3.63) is 35.4 Å². The molecule has 4 atom stereocenters. The van der Waals surface area contributed by atoms with E-state index in [-0.39, 0.29) is 36.3 Å². The smallest absolute Gasteiger partial charge is 0.0833 e. The molecule has 2 aliphatic rings. The largest absolute Gasteiger partial charge is 0.396 e. The van der Waals surface area contributed by atoms with Gasteiger partial charge in [0.05, 0.1) is 24.4 Å². The summed E-state index contributed by atoms with van der Waals surface area (Å²) in [6.07, 6.45) is 11.8. The van der Waals surface area contributed by atoms with E-state index in [4.69, 9.17) is 9.47 Å². The first-order valence-corrected chi connectivity index (χ1v) is 12.8. The quantitative estimate of drug-likeness (QED) is 0.384. The van der Waals surface area contributed by atoms with E-state index in [2.05, 4.69) is 52.0 Å². The standard InChI is InChI=1S/C28H46O4/c1-27(2,19-29)17-7-9-21-13-15-25(31-21)23-11-5-6-12-24(23)26-16-14-22(32-26)10-8-18-28(3,4)20-30/h5-6,11-12,21-22,25-26,29-30H,7-10,13-20H2,1-4H3. The Morgan fingerprint density at radius 1 is 0.719 bits per heavy atom. The van der Waals surface area contributed by atoms with Crippen LogP contribution in [0, 0.1) is 10.8 Å². The Morgan fingerprint density at radius 3 is 1.50 bits per heavy atom. The molecule has 1 aromatic rings. The Balaban J connectivity index is 1.51. The molecule has 2 N–H and O–H groups in total. The van der Waals surface area contributed by atoms with Crippen LogP contribution in [0.25, 0.3) is 0 Å². The second-order valence-corrected chi connectivity index (χ2v) is 11.7. The molecule has 0 saturated carbocycles. The van der Waals surface area contributed by atoms with E-state index >= 15 is 0 Å². The molecule has 182 valence electrons. The first-order chi connectivity index (χ1) is 15.2. The van der Waals surface area contributed by atoms with Crippen LogP contribution in [0.15, 0.2) is 24.3 Å². The highest BCUT2D eigenvalue weighted by Crippen LogP contribution is 2.42. The van der Waals surface area contributed by atoms with Gasteiger partial charge in [0.15, 0.2) is 0 Å². The number of rotatable bonds is 12. The summed E-state index contributed by atoms with van der Waals surface area (Å²) in [6, 6.07) is 8.72. The fourth-order valence-electron chi connectivity index (χ4n) is 5.17. The first-order valence-electron chi connectivity index (χ1n) is 12.8. The van der Waals surface area contributed by atoms with Crippen molar-refractivity contribution in [1.82, 2.24) is 0 Å². The number of aliphatic hydroxyl groups excluding tert-OH is 2. The van der Waals surface area contributed by atoms with Gasteiger partial charge in [-0.05, 0) is 73.3 Å². The fourth-order valence-corrected chi connectivity index (χ4v) is 5.17. The Labute approximate surface area is 195 Å². The summed E-state index contributed by atoms with van der Waals surface area (Å²) >= 11 is 0. The zero-order valence-corrected chi connectivity index (χ0v) is 20.8. The van der Waals surface area contributed by atoms with Crippen molar-refractivity contribution in [1.29, 1.82) is 0 Å². The molecular formula is C28H46O4. The fraction of sp³-hybridized carbons (Fsp3) is 0.786. The molecule has 0 bridgehead atoms. The molecular weight excluding hydrogens is 400 g/mol. The van der Waals surface area contributed by atoms with Gasteiger partial charge in [-0.15, -0.1) is 0 Å². The van der Waals surface area contributed by atoms with Gasteiger partial charge in [-0.1, -0.05) is 64.8 Å². The lowest BCUT2D eigenvalue weighted by molar-refractivity contribution is 0.0230. The maximum Gasteiger partial charge on any atom is 0.0833 e. The van der Waals surface area contributed by atoms with E-state index in [0.29, 0.717) is 12.2 Å². The number of hydrogen-bond acceptors (Lipinski definition) is 4. The highest BCUT2D eigenvalue weighted by Gasteiger charge is 2.33. The van der Waals surface area contributed by atoms with Gasteiger partial charge >= 0.3 is 0 Å². The number of benzene rings is 1. The molecule has 4 nitrogen and oxygen atoms in total. The summed E-state index contributed by atoms with van der Waals surface area (Å²) in [5, 5.41) is 18.9. The Bertz CT molecular complexity index is 639. The maximum atomic E-state index is 9.47. The summed E-state index contributed by atoms with van der Waals surface area (Å²) in [7, 11) is 0. The Hall–Kier alpha value is -0.940. The monoisotopic (exact) mass is 446 g/mol. The minimum Gasteiger partial charge on any atom is -0.396 e. The van der Waals surface area contributed by atoms with E-state index in [0.717, 1.165) is 64.2 Å². The van der Waals surface area contributed by atoms with E-state index < -0.39 is 0 Å². The highest BCUT2D eigenvalue weighted by atomic mass is 16.5. The first kappa shape index (κ1) is 25.7. The van der Waals surface area contributed by atoms with Gasteiger partial charge in [-0.3, -0.25) is 0 Å². The van der Waals surface area contributed by atoms with Gasteiger partial charge in [0.2, 0.25) is 0 Å². The topological polar surface area (TPSA) is 58.9 Å². The molecule has 4 unspecified atom stereocenters. The lowest BCUT2D eigenvalue weighted by Gasteiger charge is -2.23. The molecule has 2 fully saturated rings. The van der Waals surface area contributed by atoms with Crippen LogP contribution in [0.2, 0.25) is 0 Å². The predicted octanol–water partition coefficient (Wildman–Crippen LogP) is 6.50. The Kier molecular flexibility index (Phi) is 9.20. The van der Waals surface area contributed by atoms with Crippen molar-refractivity contribution in [2.45, 2.75) is 116 Å². The van der Waals surface area contributed by atoms with Crippen molar-refractivity contribution in [3.63, 3.8) is 0 Å². The van der Waals surface area contributed by atoms with Gasteiger partial charge in [0.1, 0.15) is 0 Å². The van der Waals surface area contributed by atoms with E-state index in [1.54, 1.807) is 0 Å². The van der Waals surface area contributed by atoms with Crippen LogP contribution in [0.1, 0.15) is 115 Å². The molecule has 1 aromatic carbocycles. The van der Waals surface area contributed by atoms with E-state index in [9.17, 15) is 10.2 Å². The summed E-state index contributed by atoms with van der Waals surface area (Å²) in [6.45, 7) is 9.01. The predicted molar refractivity (Wildman–Crippen MR) is 130 cm³/mol. The molecule has 3 rings (SSSR count). The van der Waals surface area contributed by atoms with Crippen LogP contribution in [0.4, 0.5) is 0 Å². The van der Waals surface area contributed by atoms with Gasteiger partial charge in [-0.25, -0.2) is 0 Å². The number of hydrogen-bond donors (Lipinski definition) is 2. The van der Waals surface area contributed by atoms with Crippen molar-refractivity contribution in [3.8, 4) is 0 Å². The summed E-state index contributed by atoms with van der Waals surface area (Å²) in [5.74, 6) is 0. The average Bonchev–Trinajstić information content (AvgIpc) is 3.43.